The van der Waals surface area contributed by atoms with Gasteiger partial charge >= 0.3 is 5.69 Å². The van der Waals surface area contributed by atoms with Gasteiger partial charge in [-0.2, -0.15) is 0 Å². The van der Waals surface area contributed by atoms with Gasteiger partial charge in [0.25, 0.3) is 5.56 Å². The molecule has 0 bridgehead atoms. The Kier molecular flexibility index (Phi) is 2.78. The lowest BCUT2D eigenvalue weighted by atomic mass is 10.4. The van der Waals surface area contributed by atoms with Crippen molar-refractivity contribution in [3.8, 4) is 24.7 Å². The van der Waals surface area contributed by atoms with Crippen molar-refractivity contribution in [2.24, 2.45) is 7.05 Å². The minimum absolute atomic E-state index is 0.0521. The van der Waals surface area contributed by atoms with Gasteiger partial charge in [0.15, 0.2) is 11.2 Å². The molecule has 0 aromatic carbocycles. The third kappa shape index (κ3) is 1.52. The number of rotatable bonds is 2. The Balaban J connectivity index is 2.97. The van der Waals surface area contributed by atoms with Crippen molar-refractivity contribution in [2.45, 2.75) is 13.1 Å². The first-order valence-corrected chi connectivity index (χ1v) is 5.13. The molecule has 0 N–H and O–H groups in total. The van der Waals surface area contributed by atoms with Crippen molar-refractivity contribution in [2.75, 3.05) is 0 Å². The molecular formula is C12H10N4O2. The molecule has 2 aromatic rings. The summed E-state index contributed by atoms with van der Waals surface area (Å²) in [7, 11) is 1.39. The monoisotopic (exact) mass is 242 g/mol. The van der Waals surface area contributed by atoms with Crippen LogP contribution in [0.4, 0.5) is 0 Å². The Labute approximate surface area is 102 Å². The van der Waals surface area contributed by atoms with Crippen LogP contribution in [0, 0.1) is 24.7 Å². The molecule has 6 heteroatoms. The molecule has 0 spiro atoms. The molecular weight excluding hydrogens is 232 g/mol. The van der Waals surface area contributed by atoms with E-state index in [1.165, 1.54) is 22.5 Å². The number of aromatic nitrogens is 4. The summed E-state index contributed by atoms with van der Waals surface area (Å²) in [5.74, 6) is 4.79. The van der Waals surface area contributed by atoms with Gasteiger partial charge in [-0.15, -0.1) is 12.8 Å². The van der Waals surface area contributed by atoms with E-state index in [-0.39, 0.29) is 24.3 Å². The van der Waals surface area contributed by atoms with Crippen molar-refractivity contribution in [1.29, 1.82) is 0 Å². The zero-order valence-electron chi connectivity index (χ0n) is 9.75. The standard InChI is InChI=1S/C12H10N4O2/c1-4-6-15-8-13-10-9(15)11(17)14(3)12(18)16(10)7-5-2/h1-2,8H,6-7H2,3H3. The molecule has 2 rings (SSSR count). The summed E-state index contributed by atoms with van der Waals surface area (Å²) in [5.41, 5.74) is -0.381. The first kappa shape index (κ1) is 11.7. The molecule has 18 heavy (non-hydrogen) atoms. The summed E-state index contributed by atoms with van der Waals surface area (Å²) in [6.07, 6.45) is 11.9. The smallest absolute Gasteiger partial charge is 0.313 e. The highest BCUT2D eigenvalue weighted by Gasteiger charge is 2.14. The summed E-state index contributed by atoms with van der Waals surface area (Å²) in [6, 6.07) is 0. The van der Waals surface area contributed by atoms with Gasteiger partial charge in [-0.05, 0) is 0 Å². The Morgan fingerprint density at radius 1 is 1.28 bits per heavy atom. The van der Waals surface area contributed by atoms with E-state index >= 15 is 0 Å². The third-order valence-electron chi connectivity index (χ3n) is 2.61. The fraction of sp³-hybridized carbons (Fsp3) is 0.250. The van der Waals surface area contributed by atoms with Crippen LogP contribution in [-0.2, 0) is 20.1 Å². The minimum atomic E-state index is -0.489. The molecule has 0 fully saturated rings. The van der Waals surface area contributed by atoms with Crippen LogP contribution in [-0.4, -0.2) is 18.7 Å². The normalized spacial score (nSPS) is 10.2. The summed E-state index contributed by atoms with van der Waals surface area (Å²) in [5, 5.41) is 0. The second-order valence-electron chi connectivity index (χ2n) is 3.69. The van der Waals surface area contributed by atoms with E-state index < -0.39 is 11.2 Å². The van der Waals surface area contributed by atoms with E-state index in [2.05, 4.69) is 16.8 Å². The zero-order chi connectivity index (χ0) is 13.3. The molecule has 0 aliphatic carbocycles. The molecule has 0 aliphatic rings. The van der Waals surface area contributed by atoms with Crippen LogP contribution in [0.1, 0.15) is 0 Å². The Hall–Kier alpha value is -2.73. The van der Waals surface area contributed by atoms with Crippen LogP contribution >= 0.6 is 0 Å². The number of terminal acetylenes is 2. The lowest BCUT2D eigenvalue weighted by molar-refractivity contribution is 0.681. The number of hydrogen-bond acceptors (Lipinski definition) is 3. The van der Waals surface area contributed by atoms with Gasteiger partial charge in [0.1, 0.15) is 0 Å². The molecule has 90 valence electrons. The van der Waals surface area contributed by atoms with Crippen LogP contribution in [0.2, 0.25) is 0 Å². The molecule has 0 unspecified atom stereocenters. The maximum absolute atomic E-state index is 12.0. The highest BCUT2D eigenvalue weighted by molar-refractivity contribution is 5.70. The van der Waals surface area contributed by atoms with Gasteiger partial charge in [0, 0.05) is 7.05 Å². The maximum atomic E-state index is 12.0. The predicted octanol–water partition coefficient (Wildman–Crippen LogP) is -0.837. The topological polar surface area (TPSA) is 61.8 Å². The molecule has 0 radical (unpaired) electrons. The highest BCUT2D eigenvalue weighted by Crippen LogP contribution is 2.05. The van der Waals surface area contributed by atoms with Crippen molar-refractivity contribution in [1.82, 2.24) is 18.7 Å². The van der Waals surface area contributed by atoms with Gasteiger partial charge in [0.05, 0.1) is 19.4 Å². The first-order chi connectivity index (χ1) is 8.61. The number of nitrogens with zero attached hydrogens (tertiary/aromatic N) is 4. The summed E-state index contributed by atoms with van der Waals surface area (Å²) in [6.45, 7) is 0.260. The first-order valence-electron chi connectivity index (χ1n) is 5.13. The van der Waals surface area contributed by atoms with Gasteiger partial charge in [-0.25, -0.2) is 9.78 Å². The van der Waals surface area contributed by atoms with Crippen molar-refractivity contribution < 1.29 is 0 Å². The molecule has 0 aliphatic heterocycles. The van der Waals surface area contributed by atoms with E-state index in [0.717, 1.165) is 4.57 Å². The van der Waals surface area contributed by atoms with E-state index in [1.807, 2.05) is 0 Å². The Morgan fingerprint density at radius 2 is 1.94 bits per heavy atom. The minimum Gasteiger partial charge on any atom is -0.313 e. The Morgan fingerprint density at radius 3 is 2.56 bits per heavy atom. The highest BCUT2D eigenvalue weighted by atomic mass is 16.2. The molecule has 0 saturated heterocycles. The maximum Gasteiger partial charge on any atom is 0.333 e. The van der Waals surface area contributed by atoms with Crippen LogP contribution in [0.5, 0.6) is 0 Å². The largest absolute Gasteiger partial charge is 0.333 e. The fourth-order valence-corrected chi connectivity index (χ4v) is 1.76. The summed E-state index contributed by atoms with van der Waals surface area (Å²) < 4.78 is 3.78. The molecule has 6 nitrogen and oxygen atoms in total. The fourth-order valence-electron chi connectivity index (χ4n) is 1.76. The molecule has 0 atom stereocenters. The quantitative estimate of drug-likeness (QED) is 0.645. The van der Waals surface area contributed by atoms with Crippen LogP contribution in [0.3, 0.4) is 0 Å². The van der Waals surface area contributed by atoms with Crippen LogP contribution in [0.15, 0.2) is 15.9 Å². The van der Waals surface area contributed by atoms with E-state index in [4.69, 9.17) is 12.8 Å². The van der Waals surface area contributed by atoms with E-state index in [0.29, 0.717) is 0 Å². The summed E-state index contributed by atoms with van der Waals surface area (Å²) >= 11 is 0. The third-order valence-corrected chi connectivity index (χ3v) is 2.61. The second kappa shape index (κ2) is 4.27. The SMILES string of the molecule is C#CCn1cnc2c1c(=O)n(C)c(=O)n2CC#C. The van der Waals surface area contributed by atoms with Gasteiger partial charge in [-0.1, -0.05) is 11.8 Å². The molecule has 0 saturated carbocycles. The zero-order valence-corrected chi connectivity index (χ0v) is 9.75. The average molecular weight is 242 g/mol. The predicted molar refractivity (Wildman–Crippen MR) is 66.9 cm³/mol. The molecule has 2 aromatic heterocycles. The van der Waals surface area contributed by atoms with E-state index in [9.17, 15) is 9.59 Å². The number of hydrogen-bond donors (Lipinski definition) is 0. The summed E-state index contributed by atoms with van der Waals surface area (Å²) in [4.78, 5) is 28.0. The second-order valence-corrected chi connectivity index (χ2v) is 3.69. The number of fused-ring (bicyclic) bond motifs is 1. The van der Waals surface area contributed by atoms with E-state index in [1.54, 1.807) is 0 Å². The van der Waals surface area contributed by atoms with Crippen molar-refractivity contribution >= 4 is 11.2 Å². The lowest BCUT2D eigenvalue weighted by Gasteiger charge is -2.06. The molecule has 2 heterocycles. The Bertz CT molecular complexity index is 808. The van der Waals surface area contributed by atoms with Crippen LogP contribution in [0.25, 0.3) is 11.2 Å². The number of imidazole rings is 1. The van der Waals surface area contributed by atoms with Gasteiger partial charge in [0.2, 0.25) is 0 Å². The van der Waals surface area contributed by atoms with Gasteiger partial charge < -0.3 is 4.57 Å². The molecule has 0 amide bonds. The average Bonchev–Trinajstić information content (AvgIpc) is 2.76. The van der Waals surface area contributed by atoms with Crippen LogP contribution < -0.4 is 11.2 Å². The van der Waals surface area contributed by atoms with Gasteiger partial charge in [-0.3, -0.25) is 13.9 Å². The van der Waals surface area contributed by atoms with Crippen molar-refractivity contribution in [3.05, 3.63) is 27.2 Å². The van der Waals surface area contributed by atoms with Crippen molar-refractivity contribution in [3.63, 3.8) is 0 Å². The lowest BCUT2D eigenvalue weighted by Crippen LogP contribution is -2.38.